The molecule has 0 spiro atoms. The van der Waals surface area contributed by atoms with Crippen LogP contribution in [-0.4, -0.2) is 18.4 Å². The molecular formula is C19H19FN2O2. The van der Waals surface area contributed by atoms with E-state index in [1.54, 1.807) is 17.0 Å². The number of carbonyl (C=O) groups is 2. The number of amides is 2. The molecule has 1 aliphatic rings. The maximum Gasteiger partial charge on any atom is 0.254 e. The van der Waals surface area contributed by atoms with Crippen LogP contribution in [0.1, 0.15) is 34.8 Å². The first kappa shape index (κ1) is 16.2. The molecule has 0 fully saturated rings. The fourth-order valence-corrected chi connectivity index (χ4v) is 2.94. The van der Waals surface area contributed by atoms with Gasteiger partial charge in [-0.15, -0.1) is 0 Å². The van der Waals surface area contributed by atoms with Crippen LogP contribution < -0.4 is 10.2 Å². The van der Waals surface area contributed by atoms with Crippen LogP contribution in [0.15, 0.2) is 42.5 Å². The predicted molar refractivity (Wildman–Crippen MR) is 90.4 cm³/mol. The molecule has 0 saturated heterocycles. The first-order valence-electron chi connectivity index (χ1n) is 8.05. The third-order valence-electron chi connectivity index (χ3n) is 4.21. The smallest absolute Gasteiger partial charge is 0.254 e. The van der Waals surface area contributed by atoms with Gasteiger partial charge in [-0.2, -0.15) is 0 Å². The molecule has 2 amide bonds. The molecule has 124 valence electrons. The van der Waals surface area contributed by atoms with Crippen LogP contribution in [0, 0.1) is 5.82 Å². The molecule has 0 saturated carbocycles. The lowest BCUT2D eigenvalue weighted by molar-refractivity contribution is -0.118. The number of anilines is 1. The van der Waals surface area contributed by atoms with Crippen LogP contribution in [-0.2, 0) is 17.8 Å². The van der Waals surface area contributed by atoms with Gasteiger partial charge in [0.05, 0.1) is 5.56 Å². The second kappa shape index (κ2) is 6.83. The van der Waals surface area contributed by atoms with Gasteiger partial charge in [0.2, 0.25) is 5.91 Å². The molecule has 2 aromatic carbocycles. The van der Waals surface area contributed by atoms with Crippen molar-refractivity contribution in [3.63, 3.8) is 0 Å². The lowest BCUT2D eigenvalue weighted by atomic mass is 10.1. The minimum Gasteiger partial charge on any atom is -0.348 e. The molecule has 1 heterocycles. The van der Waals surface area contributed by atoms with Crippen molar-refractivity contribution in [1.82, 2.24) is 5.32 Å². The quantitative estimate of drug-likeness (QED) is 0.939. The van der Waals surface area contributed by atoms with Crippen molar-refractivity contribution in [2.75, 3.05) is 11.4 Å². The maximum atomic E-state index is 13.6. The molecule has 2 aromatic rings. The zero-order valence-corrected chi connectivity index (χ0v) is 13.5. The molecule has 1 aliphatic heterocycles. The zero-order chi connectivity index (χ0) is 17.1. The standard InChI is InChI=1S/C19H19FN2O2/c1-2-18(23)22-10-9-14-11-13(7-8-17(14)22)12-21-19(24)15-5-3-4-6-16(15)20/h3-8,11H,2,9-10,12H2,1H3,(H,21,24). The summed E-state index contributed by atoms with van der Waals surface area (Å²) < 4.78 is 13.6. The summed E-state index contributed by atoms with van der Waals surface area (Å²) in [7, 11) is 0. The van der Waals surface area contributed by atoms with Gasteiger partial charge in [0, 0.05) is 25.2 Å². The largest absolute Gasteiger partial charge is 0.348 e. The summed E-state index contributed by atoms with van der Waals surface area (Å²) in [4.78, 5) is 25.8. The van der Waals surface area contributed by atoms with E-state index in [1.165, 1.54) is 12.1 Å². The highest BCUT2D eigenvalue weighted by atomic mass is 19.1. The molecule has 24 heavy (non-hydrogen) atoms. The lowest BCUT2D eigenvalue weighted by Gasteiger charge is -2.16. The summed E-state index contributed by atoms with van der Waals surface area (Å²) >= 11 is 0. The number of hydrogen-bond acceptors (Lipinski definition) is 2. The fourth-order valence-electron chi connectivity index (χ4n) is 2.94. The normalized spacial score (nSPS) is 12.8. The van der Waals surface area contributed by atoms with Crippen LogP contribution in [0.2, 0.25) is 0 Å². The summed E-state index contributed by atoms with van der Waals surface area (Å²) in [6.07, 6.45) is 1.30. The number of nitrogens with one attached hydrogen (secondary N) is 1. The third-order valence-corrected chi connectivity index (χ3v) is 4.21. The molecule has 1 N–H and O–H groups in total. The van der Waals surface area contributed by atoms with Crippen LogP contribution in [0.25, 0.3) is 0 Å². The number of hydrogen-bond donors (Lipinski definition) is 1. The van der Waals surface area contributed by atoms with E-state index in [-0.39, 0.29) is 11.5 Å². The maximum absolute atomic E-state index is 13.6. The highest BCUT2D eigenvalue weighted by molar-refractivity contribution is 5.95. The van der Waals surface area contributed by atoms with Gasteiger partial charge in [-0.25, -0.2) is 4.39 Å². The molecule has 0 aromatic heterocycles. The fraction of sp³-hybridized carbons (Fsp3) is 0.263. The van der Waals surface area contributed by atoms with E-state index in [2.05, 4.69) is 5.32 Å². The van der Waals surface area contributed by atoms with E-state index in [1.807, 2.05) is 25.1 Å². The third kappa shape index (κ3) is 3.15. The average Bonchev–Trinajstić information content (AvgIpc) is 3.02. The monoisotopic (exact) mass is 326 g/mol. The number of fused-ring (bicyclic) bond motifs is 1. The van der Waals surface area contributed by atoms with Gasteiger partial charge in [-0.3, -0.25) is 9.59 Å². The number of halogens is 1. The summed E-state index contributed by atoms with van der Waals surface area (Å²) in [5.41, 5.74) is 3.03. The van der Waals surface area contributed by atoms with Gasteiger partial charge in [-0.1, -0.05) is 31.2 Å². The Hall–Kier alpha value is -2.69. The molecule has 3 rings (SSSR count). The average molecular weight is 326 g/mol. The van der Waals surface area contributed by atoms with Crippen LogP contribution >= 0.6 is 0 Å². The summed E-state index contributed by atoms with van der Waals surface area (Å²) in [6.45, 7) is 2.88. The van der Waals surface area contributed by atoms with Crippen LogP contribution in [0.4, 0.5) is 10.1 Å². The van der Waals surface area contributed by atoms with Gasteiger partial charge in [0.25, 0.3) is 5.91 Å². The van der Waals surface area contributed by atoms with Crippen molar-refractivity contribution in [3.8, 4) is 0 Å². The minimum atomic E-state index is -0.530. The van der Waals surface area contributed by atoms with E-state index in [0.29, 0.717) is 19.5 Å². The Morgan fingerprint density at radius 3 is 2.75 bits per heavy atom. The summed E-state index contributed by atoms with van der Waals surface area (Å²) in [5.74, 6) is -0.844. The van der Waals surface area contributed by atoms with Crippen molar-refractivity contribution in [2.24, 2.45) is 0 Å². The molecule has 0 bridgehead atoms. The highest BCUT2D eigenvalue weighted by Crippen LogP contribution is 2.29. The van der Waals surface area contributed by atoms with E-state index < -0.39 is 11.7 Å². The SMILES string of the molecule is CCC(=O)N1CCc2cc(CNC(=O)c3ccccc3F)ccc21. The minimum absolute atomic E-state index is 0.0402. The van der Waals surface area contributed by atoms with Gasteiger partial charge < -0.3 is 10.2 Å². The number of nitrogens with zero attached hydrogens (tertiary/aromatic N) is 1. The highest BCUT2D eigenvalue weighted by Gasteiger charge is 2.23. The molecule has 0 atom stereocenters. The Labute approximate surface area is 140 Å². The van der Waals surface area contributed by atoms with E-state index in [0.717, 1.165) is 23.2 Å². The van der Waals surface area contributed by atoms with E-state index in [4.69, 9.17) is 0 Å². The Kier molecular flexibility index (Phi) is 4.60. The Bertz CT molecular complexity index is 789. The summed E-state index contributed by atoms with van der Waals surface area (Å²) in [6, 6.07) is 11.7. The first-order chi connectivity index (χ1) is 11.6. The van der Waals surface area contributed by atoms with Gasteiger partial charge in [0.1, 0.15) is 5.82 Å². The van der Waals surface area contributed by atoms with Crippen molar-refractivity contribution >= 4 is 17.5 Å². The van der Waals surface area contributed by atoms with Crippen LogP contribution in [0.3, 0.4) is 0 Å². The second-order valence-corrected chi connectivity index (χ2v) is 5.77. The Balaban J connectivity index is 1.68. The van der Waals surface area contributed by atoms with Gasteiger partial charge in [-0.05, 0) is 35.7 Å². The summed E-state index contributed by atoms with van der Waals surface area (Å²) in [5, 5.41) is 2.73. The molecule has 5 heteroatoms. The molecule has 4 nitrogen and oxygen atoms in total. The molecule has 0 aliphatic carbocycles. The number of benzene rings is 2. The Morgan fingerprint density at radius 2 is 2.00 bits per heavy atom. The van der Waals surface area contributed by atoms with E-state index in [9.17, 15) is 14.0 Å². The Morgan fingerprint density at radius 1 is 1.21 bits per heavy atom. The second-order valence-electron chi connectivity index (χ2n) is 5.77. The van der Waals surface area contributed by atoms with E-state index >= 15 is 0 Å². The molecule has 0 radical (unpaired) electrons. The predicted octanol–water partition coefficient (Wildman–Crippen LogP) is 3.05. The van der Waals surface area contributed by atoms with Crippen molar-refractivity contribution in [2.45, 2.75) is 26.3 Å². The topological polar surface area (TPSA) is 49.4 Å². The number of carbonyl (C=O) groups excluding carboxylic acids is 2. The molecular weight excluding hydrogens is 307 g/mol. The first-order valence-corrected chi connectivity index (χ1v) is 8.05. The zero-order valence-electron chi connectivity index (χ0n) is 13.5. The molecule has 0 unspecified atom stereocenters. The van der Waals surface area contributed by atoms with Gasteiger partial charge >= 0.3 is 0 Å². The lowest BCUT2D eigenvalue weighted by Crippen LogP contribution is -2.27. The van der Waals surface area contributed by atoms with Crippen molar-refractivity contribution < 1.29 is 14.0 Å². The number of rotatable bonds is 4. The van der Waals surface area contributed by atoms with Crippen molar-refractivity contribution in [3.05, 3.63) is 65.0 Å². The van der Waals surface area contributed by atoms with Gasteiger partial charge in [0.15, 0.2) is 0 Å². The van der Waals surface area contributed by atoms with Crippen molar-refractivity contribution in [1.29, 1.82) is 0 Å². The van der Waals surface area contributed by atoms with Crippen LogP contribution in [0.5, 0.6) is 0 Å².